The number of benzene rings is 1. The molecule has 0 saturated carbocycles. The lowest BCUT2D eigenvalue weighted by atomic mass is 9.90. The summed E-state index contributed by atoms with van der Waals surface area (Å²) in [4.78, 5) is 0.392. The molecular formula is C15H24N2O2S. The summed E-state index contributed by atoms with van der Waals surface area (Å²) in [6.07, 6.45) is 0.934. The lowest BCUT2D eigenvalue weighted by Gasteiger charge is -2.34. The van der Waals surface area contributed by atoms with Crippen LogP contribution in [0.3, 0.4) is 0 Å². The van der Waals surface area contributed by atoms with Gasteiger partial charge in [-0.1, -0.05) is 26.0 Å². The third kappa shape index (κ3) is 2.99. The van der Waals surface area contributed by atoms with Crippen molar-refractivity contribution in [1.29, 1.82) is 0 Å². The van der Waals surface area contributed by atoms with Gasteiger partial charge in [-0.2, -0.15) is 4.31 Å². The highest BCUT2D eigenvalue weighted by Crippen LogP contribution is 2.30. The van der Waals surface area contributed by atoms with E-state index in [0.29, 0.717) is 42.1 Å². The highest BCUT2D eigenvalue weighted by Gasteiger charge is 2.32. The molecule has 0 bridgehead atoms. The summed E-state index contributed by atoms with van der Waals surface area (Å²) < 4.78 is 27.3. The van der Waals surface area contributed by atoms with Crippen molar-refractivity contribution in [2.24, 2.45) is 11.8 Å². The van der Waals surface area contributed by atoms with Gasteiger partial charge in [-0.15, -0.1) is 0 Å². The fraction of sp³-hybridized carbons (Fsp3) is 0.600. The Balaban J connectivity index is 2.31. The summed E-state index contributed by atoms with van der Waals surface area (Å²) in [5, 5.41) is 3.14. The first kappa shape index (κ1) is 15.3. The average molecular weight is 296 g/mol. The molecule has 1 saturated heterocycles. The second kappa shape index (κ2) is 6.14. The zero-order chi connectivity index (χ0) is 14.8. The summed E-state index contributed by atoms with van der Waals surface area (Å²) in [6, 6.07) is 7.16. The molecule has 0 aliphatic carbocycles. The van der Waals surface area contributed by atoms with Gasteiger partial charge in [0.1, 0.15) is 4.90 Å². The second-order valence-electron chi connectivity index (χ2n) is 5.63. The van der Waals surface area contributed by atoms with Crippen LogP contribution < -0.4 is 5.32 Å². The largest absolute Gasteiger partial charge is 0.384 e. The maximum atomic E-state index is 12.8. The van der Waals surface area contributed by atoms with Crippen molar-refractivity contribution in [2.45, 2.75) is 32.1 Å². The Labute approximate surface area is 122 Å². The van der Waals surface area contributed by atoms with Gasteiger partial charge < -0.3 is 5.32 Å². The molecule has 1 aliphatic heterocycles. The van der Waals surface area contributed by atoms with E-state index < -0.39 is 10.0 Å². The van der Waals surface area contributed by atoms with Crippen LogP contribution >= 0.6 is 0 Å². The number of nitrogens with one attached hydrogen (secondary N) is 1. The van der Waals surface area contributed by atoms with Gasteiger partial charge in [-0.3, -0.25) is 0 Å². The minimum atomic E-state index is -3.40. The number of anilines is 1. The maximum Gasteiger partial charge on any atom is 0.245 e. The van der Waals surface area contributed by atoms with Crippen molar-refractivity contribution in [1.82, 2.24) is 4.31 Å². The quantitative estimate of drug-likeness (QED) is 0.929. The molecule has 0 aromatic heterocycles. The SMILES string of the molecule is CCNc1ccccc1S(=O)(=O)N1CCC(C)C(C)C1. The van der Waals surface area contributed by atoms with E-state index in [1.807, 2.05) is 19.1 Å². The smallest absolute Gasteiger partial charge is 0.245 e. The molecule has 1 aromatic rings. The number of piperidine rings is 1. The lowest BCUT2D eigenvalue weighted by Crippen LogP contribution is -2.42. The van der Waals surface area contributed by atoms with Gasteiger partial charge in [0.05, 0.1) is 5.69 Å². The molecular weight excluding hydrogens is 272 g/mol. The van der Waals surface area contributed by atoms with Crippen LogP contribution in [0.2, 0.25) is 0 Å². The Kier molecular flexibility index (Phi) is 4.70. The summed E-state index contributed by atoms with van der Waals surface area (Å²) in [5.41, 5.74) is 0.696. The number of para-hydroxylation sites is 1. The first-order chi connectivity index (χ1) is 9.46. The number of nitrogens with zero attached hydrogens (tertiary/aromatic N) is 1. The normalized spacial score (nSPS) is 24.6. The highest BCUT2D eigenvalue weighted by molar-refractivity contribution is 7.89. The van der Waals surface area contributed by atoms with Crippen LogP contribution in [-0.4, -0.2) is 32.4 Å². The van der Waals surface area contributed by atoms with Gasteiger partial charge in [0.25, 0.3) is 0 Å². The fourth-order valence-electron chi connectivity index (χ4n) is 2.61. The molecule has 2 rings (SSSR count). The lowest BCUT2D eigenvalue weighted by molar-refractivity contribution is 0.212. The zero-order valence-corrected chi connectivity index (χ0v) is 13.3. The molecule has 0 spiro atoms. The van der Waals surface area contributed by atoms with Crippen molar-refractivity contribution in [3.05, 3.63) is 24.3 Å². The monoisotopic (exact) mass is 296 g/mol. The summed E-state index contributed by atoms with van der Waals surface area (Å²) in [6.45, 7) is 8.23. The molecule has 5 heteroatoms. The first-order valence-corrected chi connectivity index (χ1v) is 8.74. The van der Waals surface area contributed by atoms with E-state index in [0.717, 1.165) is 6.42 Å². The third-order valence-electron chi connectivity index (χ3n) is 4.17. The van der Waals surface area contributed by atoms with E-state index in [-0.39, 0.29) is 0 Å². The third-order valence-corrected chi connectivity index (χ3v) is 6.09. The topological polar surface area (TPSA) is 49.4 Å². The molecule has 1 aromatic carbocycles. The molecule has 1 aliphatic rings. The predicted octanol–water partition coefficient (Wildman–Crippen LogP) is 2.79. The predicted molar refractivity (Wildman–Crippen MR) is 82.3 cm³/mol. The second-order valence-corrected chi connectivity index (χ2v) is 7.54. The molecule has 1 heterocycles. The highest BCUT2D eigenvalue weighted by atomic mass is 32.2. The van der Waals surface area contributed by atoms with Crippen LogP contribution in [0.5, 0.6) is 0 Å². The Morgan fingerprint density at radius 2 is 1.95 bits per heavy atom. The molecule has 20 heavy (non-hydrogen) atoms. The number of hydrogen-bond donors (Lipinski definition) is 1. The van der Waals surface area contributed by atoms with E-state index in [1.165, 1.54) is 0 Å². The Hall–Kier alpha value is -1.07. The fourth-order valence-corrected chi connectivity index (χ4v) is 4.33. The number of sulfonamides is 1. The Morgan fingerprint density at radius 3 is 2.60 bits per heavy atom. The van der Waals surface area contributed by atoms with Crippen molar-refractivity contribution < 1.29 is 8.42 Å². The molecule has 2 atom stereocenters. The van der Waals surface area contributed by atoms with Crippen LogP contribution in [-0.2, 0) is 10.0 Å². The minimum absolute atomic E-state index is 0.392. The van der Waals surface area contributed by atoms with E-state index in [9.17, 15) is 8.42 Å². The minimum Gasteiger partial charge on any atom is -0.384 e. The van der Waals surface area contributed by atoms with Crippen molar-refractivity contribution in [3.8, 4) is 0 Å². The van der Waals surface area contributed by atoms with E-state index in [1.54, 1.807) is 16.4 Å². The van der Waals surface area contributed by atoms with Gasteiger partial charge in [0.15, 0.2) is 0 Å². The molecule has 1 fully saturated rings. The number of hydrogen-bond acceptors (Lipinski definition) is 3. The van der Waals surface area contributed by atoms with Gasteiger partial charge >= 0.3 is 0 Å². The zero-order valence-electron chi connectivity index (χ0n) is 12.5. The summed E-state index contributed by atoms with van der Waals surface area (Å²) in [5.74, 6) is 0.996. The van der Waals surface area contributed by atoms with Crippen LogP contribution in [0.1, 0.15) is 27.2 Å². The van der Waals surface area contributed by atoms with E-state index in [2.05, 4.69) is 19.2 Å². The summed E-state index contributed by atoms with van der Waals surface area (Å²) in [7, 11) is -3.40. The van der Waals surface area contributed by atoms with Crippen molar-refractivity contribution >= 4 is 15.7 Å². The Morgan fingerprint density at radius 1 is 1.25 bits per heavy atom. The van der Waals surface area contributed by atoms with Gasteiger partial charge in [0.2, 0.25) is 10.0 Å². The standard InChI is InChI=1S/C15H24N2O2S/c1-4-16-14-7-5-6-8-15(14)20(18,19)17-10-9-12(2)13(3)11-17/h5-8,12-13,16H,4,9-11H2,1-3H3. The van der Waals surface area contributed by atoms with E-state index in [4.69, 9.17) is 0 Å². The van der Waals surface area contributed by atoms with Crippen molar-refractivity contribution in [2.75, 3.05) is 25.0 Å². The molecule has 112 valence electrons. The summed E-state index contributed by atoms with van der Waals surface area (Å²) >= 11 is 0. The average Bonchev–Trinajstić information content (AvgIpc) is 2.42. The first-order valence-electron chi connectivity index (χ1n) is 7.30. The molecule has 4 nitrogen and oxygen atoms in total. The van der Waals surface area contributed by atoms with Crippen LogP contribution in [0.25, 0.3) is 0 Å². The van der Waals surface area contributed by atoms with Crippen LogP contribution in [0.15, 0.2) is 29.2 Å². The Bertz CT molecular complexity index is 557. The van der Waals surface area contributed by atoms with Gasteiger partial charge in [-0.25, -0.2) is 8.42 Å². The van der Waals surface area contributed by atoms with Crippen molar-refractivity contribution in [3.63, 3.8) is 0 Å². The molecule has 0 amide bonds. The van der Waals surface area contributed by atoms with E-state index >= 15 is 0 Å². The van der Waals surface area contributed by atoms with Gasteiger partial charge in [0, 0.05) is 19.6 Å². The van der Waals surface area contributed by atoms with Crippen LogP contribution in [0.4, 0.5) is 5.69 Å². The molecule has 0 radical (unpaired) electrons. The maximum absolute atomic E-state index is 12.8. The number of rotatable bonds is 4. The van der Waals surface area contributed by atoms with Crippen LogP contribution in [0, 0.1) is 11.8 Å². The van der Waals surface area contributed by atoms with Gasteiger partial charge in [-0.05, 0) is 37.3 Å². The molecule has 2 unspecified atom stereocenters. The molecule has 1 N–H and O–H groups in total.